The summed E-state index contributed by atoms with van der Waals surface area (Å²) in [6, 6.07) is 8.79. The lowest BCUT2D eigenvalue weighted by Crippen LogP contribution is -2.25. The fourth-order valence-corrected chi connectivity index (χ4v) is 2.90. The molecule has 0 saturated carbocycles. The quantitative estimate of drug-likeness (QED) is 0.797. The summed E-state index contributed by atoms with van der Waals surface area (Å²) in [5.41, 5.74) is 3.00. The molecule has 25 heavy (non-hydrogen) atoms. The Kier molecular flexibility index (Phi) is 3.76. The van der Waals surface area contributed by atoms with Crippen LogP contribution in [-0.4, -0.2) is 33.1 Å². The molecule has 0 unspecified atom stereocenters. The molecule has 0 aliphatic carbocycles. The van der Waals surface area contributed by atoms with Gasteiger partial charge < -0.3 is 4.98 Å². The van der Waals surface area contributed by atoms with Crippen LogP contribution in [0.2, 0.25) is 0 Å². The van der Waals surface area contributed by atoms with Crippen molar-refractivity contribution in [1.29, 1.82) is 0 Å². The SMILES string of the molecule is O=C(Cc1ccc2[nH]cnc2c1)N1CCC(c2cc(F)ccc2F)=N1. The molecule has 0 fully saturated rings. The van der Waals surface area contributed by atoms with E-state index in [1.807, 2.05) is 18.2 Å². The van der Waals surface area contributed by atoms with Crippen molar-refractivity contribution in [3.05, 3.63) is 65.5 Å². The first-order valence-electron chi connectivity index (χ1n) is 7.85. The number of rotatable bonds is 3. The third-order valence-electron chi connectivity index (χ3n) is 4.17. The van der Waals surface area contributed by atoms with E-state index in [0.29, 0.717) is 18.7 Å². The normalized spacial score (nSPS) is 14.2. The highest BCUT2D eigenvalue weighted by Gasteiger charge is 2.23. The molecular formula is C18H14F2N4O. The van der Waals surface area contributed by atoms with E-state index in [9.17, 15) is 13.6 Å². The van der Waals surface area contributed by atoms with Gasteiger partial charge in [0.05, 0.1) is 36.0 Å². The van der Waals surface area contributed by atoms with E-state index in [1.54, 1.807) is 6.33 Å². The number of hydrazone groups is 1. The van der Waals surface area contributed by atoms with Gasteiger partial charge in [0.2, 0.25) is 5.91 Å². The number of carbonyl (C=O) groups is 1. The maximum atomic E-state index is 13.9. The van der Waals surface area contributed by atoms with E-state index in [2.05, 4.69) is 15.1 Å². The van der Waals surface area contributed by atoms with Gasteiger partial charge in [0, 0.05) is 12.0 Å². The number of aromatic nitrogens is 2. The van der Waals surface area contributed by atoms with Crippen LogP contribution in [0, 0.1) is 11.6 Å². The Hall–Kier alpha value is -3.09. The first-order chi connectivity index (χ1) is 12.1. The van der Waals surface area contributed by atoms with Gasteiger partial charge in [-0.05, 0) is 35.9 Å². The van der Waals surface area contributed by atoms with E-state index >= 15 is 0 Å². The minimum absolute atomic E-state index is 0.105. The Bertz CT molecular complexity index is 996. The molecule has 1 aliphatic rings. The molecule has 1 amide bonds. The number of benzene rings is 2. The number of H-pyrrole nitrogens is 1. The minimum atomic E-state index is -0.543. The topological polar surface area (TPSA) is 61.4 Å². The highest BCUT2D eigenvalue weighted by molar-refractivity contribution is 6.03. The maximum absolute atomic E-state index is 13.9. The van der Waals surface area contributed by atoms with E-state index in [0.717, 1.165) is 34.8 Å². The lowest BCUT2D eigenvalue weighted by atomic mass is 10.1. The van der Waals surface area contributed by atoms with E-state index in [-0.39, 0.29) is 17.9 Å². The average molecular weight is 340 g/mol. The van der Waals surface area contributed by atoms with Crippen molar-refractivity contribution >= 4 is 22.7 Å². The summed E-state index contributed by atoms with van der Waals surface area (Å²) in [5, 5.41) is 5.49. The van der Waals surface area contributed by atoms with Crippen molar-refractivity contribution in [3.63, 3.8) is 0 Å². The summed E-state index contributed by atoms with van der Waals surface area (Å²) in [5.74, 6) is -1.27. The summed E-state index contributed by atoms with van der Waals surface area (Å²) in [6.07, 6.45) is 2.16. The van der Waals surface area contributed by atoms with Crippen LogP contribution in [0.5, 0.6) is 0 Å². The molecule has 0 atom stereocenters. The van der Waals surface area contributed by atoms with Crippen molar-refractivity contribution in [1.82, 2.24) is 15.0 Å². The largest absolute Gasteiger partial charge is 0.345 e. The second-order valence-corrected chi connectivity index (χ2v) is 5.87. The fourth-order valence-electron chi connectivity index (χ4n) is 2.90. The highest BCUT2D eigenvalue weighted by Crippen LogP contribution is 2.19. The van der Waals surface area contributed by atoms with Gasteiger partial charge in [0.15, 0.2) is 0 Å². The van der Waals surface area contributed by atoms with Gasteiger partial charge in [-0.3, -0.25) is 4.79 Å². The molecular weight excluding hydrogens is 326 g/mol. The van der Waals surface area contributed by atoms with E-state index < -0.39 is 11.6 Å². The van der Waals surface area contributed by atoms with Crippen molar-refractivity contribution in [2.45, 2.75) is 12.8 Å². The molecule has 1 N–H and O–H groups in total. The smallest absolute Gasteiger partial charge is 0.247 e. The molecule has 126 valence electrons. The van der Waals surface area contributed by atoms with Gasteiger partial charge >= 0.3 is 0 Å². The van der Waals surface area contributed by atoms with Crippen LogP contribution < -0.4 is 0 Å². The number of carbonyl (C=O) groups excluding carboxylic acids is 1. The van der Waals surface area contributed by atoms with Crippen molar-refractivity contribution in [2.24, 2.45) is 5.10 Å². The minimum Gasteiger partial charge on any atom is -0.345 e. The first-order valence-corrected chi connectivity index (χ1v) is 7.85. The predicted molar refractivity (Wildman–Crippen MR) is 89.0 cm³/mol. The summed E-state index contributed by atoms with van der Waals surface area (Å²) < 4.78 is 27.2. The number of hydrogen-bond donors (Lipinski definition) is 1. The molecule has 0 bridgehead atoms. The molecule has 0 spiro atoms. The van der Waals surface area contributed by atoms with Crippen molar-refractivity contribution in [2.75, 3.05) is 6.54 Å². The number of fused-ring (bicyclic) bond motifs is 1. The van der Waals surface area contributed by atoms with Crippen LogP contribution in [-0.2, 0) is 11.2 Å². The number of nitrogens with one attached hydrogen (secondary N) is 1. The monoisotopic (exact) mass is 340 g/mol. The zero-order chi connectivity index (χ0) is 17.4. The molecule has 1 aromatic heterocycles. The molecule has 2 heterocycles. The number of amides is 1. The van der Waals surface area contributed by atoms with Crippen LogP contribution in [0.15, 0.2) is 47.8 Å². The van der Waals surface area contributed by atoms with Gasteiger partial charge in [-0.15, -0.1) is 0 Å². The Morgan fingerprint density at radius 3 is 2.96 bits per heavy atom. The maximum Gasteiger partial charge on any atom is 0.247 e. The first kappa shape index (κ1) is 15.4. The number of hydrogen-bond acceptors (Lipinski definition) is 3. The number of nitrogens with zero attached hydrogens (tertiary/aromatic N) is 3. The second-order valence-electron chi connectivity index (χ2n) is 5.87. The van der Waals surface area contributed by atoms with Crippen LogP contribution >= 0.6 is 0 Å². The molecule has 7 heteroatoms. The van der Waals surface area contributed by atoms with E-state index in [1.165, 1.54) is 5.01 Å². The standard InChI is InChI=1S/C18H14F2N4O/c19-12-2-3-14(20)13(9-12)15-5-6-24(23-15)18(25)8-11-1-4-16-17(7-11)22-10-21-16/h1-4,7,9-10H,5-6,8H2,(H,21,22). The Morgan fingerprint density at radius 2 is 2.08 bits per heavy atom. The van der Waals surface area contributed by atoms with Crippen LogP contribution in [0.1, 0.15) is 17.5 Å². The summed E-state index contributed by atoms with van der Waals surface area (Å²) in [6.45, 7) is 0.356. The fraction of sp³-hybridized carbons (Fsp3) is 0.167. The van der Waals surface area contributed by atoms with Crippen LogP contribution in [0.4, 0.5) is 8.78 Å². The zero-order valence-electron chi connectivity index (χ0n) is 13.2. The summed E-state index contributed by atoms with van der Waals surface area (Å²) in [7, 11) is 0. The average Bonchev–Trinajstić information content (AvgIpc) is 3.25. The van der Waals surface area contributed by atoms with Crippen LogP contribution in [0.3, 0.4) is 0 Å². The number of imidazole rings is 1. The second kappa shape index (κ2) is 6.08. The van der Waals surface area contributed by atoms with E-state index in [4.69, 9.17) is 0 Å². The number of halogens is 2. The molecule has 0 saturated heterocycles. The highest BCUT2D eigenvalue weighted by atomic mass is 19.1. The molecule has 0 radical (unpaired) electrons. The molecule has 5 nitrogen and oxygen atoms in total. The Morgan fingerprint density at radius 1 is 1.20 bits per heavy atom. The van der Waals surface area contributed by atoms with Gasteiger partial charge in [0.1, 0.15) is 11.6 Å². The summed E-state index contributed by atoms with van der Waals surface area (Å²) in [4.78, 5) is 19.6. The molecule has 2 aromatic carbocycles. The van der Waals surface area contributed by atoms with Crippen LogP contribution in [0.25, 0.3) is 11.0 Å². The van der Waals surface area contributed by atoms with Crippen molar-refractivity contribution in [3.8, 4) is 0 Å². The Balaban J connectivity index is 1.53. The van der Waals surface area contributed by atoms with Gasteiger partial charge in [0.25, 0.3) is 0 Å². The number of aromatic amines is 1. The summed E-state index contributed by atoms with van der Waals surface area (Å²) >= 11 is 0. The predicted octanol–water partition coefficient (Wildman–Crippen LogP) is 3.02. The Labute approximate surface area is 142 Å². The lowest BCUT2D eigenvalue weighted by Gasteiger charge is -2.11. The third kappa shape index (κ3) is 3.00. The lowest BCUT2D eigenvalue weighted by molar-refractivity contribution is -0.130. The van der Waals surface area contributed by atoms with Crippen molar-refractivity contribution < 1.29 is 13.6 Å². The molecule has 3 aromatic rings. The zero-order valence-corrected chi connectivity index (χ0v) is 13.2. The van der Waals surface area contributed by atoms with Gasteiger partial charge in [-0.25, -0.2) is 18.8 Å². The third-order valence-corrected chi connectivity index (χ3v) is 4.17. The molecule has 1 aliphatic heterocycles. The molecule has 4 rings (SSSR count). The van der Waals surface area contributed by atoms with Gasteiger partial charge in [-0.2, -0.15) is 5.10 Å². The van der Waals surface area contributed by atoms with Gasteiger partial charge in [-0.1, -0.05) is 6.07 Å².